The number of rotatable bonds is 2. The van der Waals surface area contributed by atoms with Crippen LogP contribution in [0.4, 0.5) is 0 Å². The first-order valence-electron chi connectivity index (χ1n) is 6.26. The summed E-state index contributed by atoms with van der Waals surface area (Å²) in [5, 5.41) is 9.14. The Morgan fingerprint density at radius 3 is 2.70 bits per heavy atom. The van der Waals surface area contributed by atoms with E-state index in [1.165, 1.54) is 11.9 Å². The van der Waals surface area contributed by atoms with Crippen LogP contribution in [0.25, 0.3) is 0 Å². The molecule has 0 bridgehead atoms. The molecule has 108 valence electrons. The van der Waals surface area contributed by atoms with E-state index in [4.69, 9.17) is 5.11 Å². The lowest BCUT2D eigenvalue weighted by Crippen LogP contribution is -2.50. The summed E-state index contributed by atoms with van der Waals surface area (Å²) >= 11 is 0. The minimum Gasteiger partial charge on any atom is -0.480 e. The molecular formula is C12H15N3O5. The largest absolute Gasteiger partial charge is 0.480 e. The smallest absolute Gasteiger partial charge is 0.328 e. The summed E-state index contributed by atoms with van der Waals surface area (Å²) in [7, 11) is 1.25. The number of aromatic amines is 1. The molecule has 1 atom stereocenters. The maximum atomic E-state index is 12.3. The maximum Gasteiger partial charge on any atom is 0.328 e. The number of carboxylic acids is 1. The Kier molecular flexibility index (Phi) is 3.73. The van der Waals surface area contributed by atoms with Gasteiger partial charge in [-0.1, -0.05) is 0 Å². The summed E-state index contributed by atoms with van der Waals surface area (Å²) in [5.41, 5.74) is -1.58. The zero-order valence-corrected chi connectivity index (χ0v) is 11.0. The van der Waals surface area contributed by atoms with Gasteiger partial charge in [0.25, 0.3) is 11.5 Å². The van der Waals surface area contributed by atoms with Gasteiger partial charge in [-0.2, -0.15) is 0 Å². The molecule has 1 aliphatic heterocycles. The Hall–Kier alpha value is -2.38. The van der Waals surface area contributed by atoms with Crippen molar-refractivity contribution in [1.29, 1.82) is 0 Å². The minimum absolute atomic E-state index is 0.222. The number of carboxylic acid groups (broad SMARTS) is 1. The Balaban J connectivity index is 2.40. The van der Waals surface area contributed by atoms with Crippen molar-refractivity contribution in [2.45, 2.75) is 25.3 Å². The van der Waals surface area contributed by atoms with Crippen LogP contribution in [-0.4, -0.2) is 44.0 Å². The molecule has 8 heteroatoms. The number of hydrogen-bond acceptors (Lipinski definition) is 4. The van der Waals surface area contributed by atoms with Crippen LogP contribution in [-0.2, 0) is 11.8 Å². The van der Waals surface area contributed by atoms with Gasteiger partial charge in [0.15, 0.2) is 0 Å². The van der Waals surface area contributed by atoms with Crippen molar-refractivity contribution < 1.29 is 14.7 Å². The third-order valence-electron chi connectivity index (χ3n) is 3.46. The number of H-pyrrole nitrogens is 1. The first-order valence-corrected chi connectivity index (χ1v) is 6.26. The van der Waals surface area contributed by atoms with Crippen molar-refractivity contribution in [3.63, 3.8) is 0 Å². The number of nitrogens with one attached hydrogen (secondary N) is 1. The molecule has 0 radical (unpaired) electrons. The van der Waals surface area contributed by atoms with Crippen molar-refractivity contribution in [2.75, 3.05) is 6.54 Å². The molecule has 2 N–H and O–H groups in total. The van der Waals surface area contributed by atoms with E-state index in [0.29, 0.717) is 12.8 Å². The van der Waals surface area contributed by atoms with Gasteiger partial charge in [0.05, 0.1) is 0 Å². The zero-order chi connectivity index (χ0) is 14.9. The van der Waals surface area contributed by atoms with E-state index in [9.17, 15) is 19.2 Å². The molecule has 1 fully saturated rings. The second-order valence-electron chi connectivity index (χ2n) is 4.72. The minimum atomic E-state index is -1.08. The van der Waals surface area contributed by atoms with Crippen molar-refractivity contribution in [3.05, 3.63) is 32.6 Å². The van der Waals surface area contributed by atoms with Gasteiger partial charge in [-0.25, -0.2) is 9.59 Å². The SMILES string of the molecule is Cn1c(=O)[nH]cc(C(=O)N2CCCCC2C(=O)O)c1=O. The Morgan fingerprint density at radius 1 is 1.35 bits per heavy atom. The predicted molar refractivity (Wildman–Crippen MR) is 68.6 cm³/mol. The van der Waals surface area contributed by atoms with E-state index in [0.717, 1.165) is 17.2 Å². The summed E-state index contributed by atoms with van der Waals surface area (Å²) in [4.78, 5) is 50.1. The highest BCUT2D eigenvalue weighted by atomic mass is 16.4. The lowest BCUT2D eigenvalue weighted by atomic mass is 10.0. The van der Waals surface area contributed by atoms with E-state index in [2.05, 4.69) is 4.98 Å². The normalized spacial score (nSPS) is 18.9. The molecule has 8 nitrogen and oxygen atoms in total. The van der Waals surface area contributed by atoms with E-state index >= 15 is 0 Å². The second-order valence-corrected chi connectivity index (χ2v) is 4.72. The third-order valence-corrected chi connectivity index (χ3v) is 3.46. The van der Waals surface area contributed by atoms with Gasteiger partial charge in [0.1, 0.15) is 11.6 Å². The number of amides is 1. The molecule has 2 rings (SSSR count). The molecular weight excluding hydrogens is 266 g/mol. The topological polar surface area (TPSA) is 112 Å². The summed E-state index contributed by atoms with van der Waals surface area (Å²) in [6.07, 6.45) is 2.83. The number of aromatic nitrogens is 2. The van der Waals surface area contributed by atoms with Gasteiger partial charge >= 0.3 is 11.7 Å². The van der Waals surface area contributed by atoms with Crippen LogP contribution in [0, 0.1) is 0 Å². The number of nitrogens with zero attached hydrogens (tertiary/aromatic N) is 2. The van der Waals surface area contributed by atoms with Crippen molar-refractivity contribution in [1.82, 2.24) is 14.5 Å². The molecule has 1 saturated heterocycles. The zero-order valence-electron chi connectivity index (χ0n) is 11.0. The summed E-state index contributed by atoms with van der Waals surface area (Å²) in [5.74, 6) is -1.74. The molecule has 1 aromatic heterocycles. The van der Waals surface area contributed by atoms with Crippen LogP contribution in [0.5, 0.6) is 0 Å². The highest BCUT2D eigenvalue weighted by Gasteiger charge is 2.33. The van der Waals surface area contributed by atoms with Gasteiger partial charge in [-0.3, -0.25) is 14.2 Å². The Bertz CT molecular complexity index is 660. The van der Waals surface area contributed by atoms with E-state index in [1.54, 1.807) is 0 Å². The van der Waals surface area contributed by atoms with Crippen molar-refractivity contribution in [2.24, 2.45) is 7.05 Å². The van der Waals surface area contributed by atoms with Crippen LogP contribution >= 0.6 is 0 Å². The first kappa shape index (κ1) is 14.0. The molecule has 0 saturated carbocycles. The average molecular weight is 281 g/mol. The fourth-order valence-corrected chi connectivity index (χ4v) is 2.30. The van der Waals surface area contributed by atoms with E-state index < -0.39 is 29.2 Å². The highest BCUT2D eigenvalue weighted by molar-refractivity contribution is 5.96. The molecule has 1 unspecified atom stereocenters. The number of carbonyl (C=O) groups is 2. The van der Waals surface area contributed by atoms with Crippen LogP contribution in [0.2, 0.25) is 0 Å². The number of likely N-dealkylation sites (tertiary alicyclic amines) is 1. The van der Waals surface area contributed by atoms with Crippen LogP contribution in [0.15, 0.2) is 15.8 Å². The first-order chi connectivity index (χ1) is 9.43. The van der Waals surface area contributed by atoms with Crippen molar-refractivity contribution in [3.8, 4) is 0 Å². The van der Waals surface area contributed by atoms with Crippen LogP contribution < -0.4 is 11.2 Å². The van der Waals surface area contributed by atoms with Gasteiger partial charge in [-0.05, 0) is 19.3 Å². The van der Waals surface area contributed by atoms with E-state index in [1.807, 2.05) is 0 Å². The van der Waals surface area contributed by atoms with Crippen molar-refractivity contribution >= 4 is 11.9 Å². The maximum absolute atomic E-state index is 12.3. The molecule has 1 amide bonds. The standard InChI is InChI=1S/C12H15N3O5/c1-14-9(16)7(6-13-12(14)20)10(17)15-5-3-2-4-8(15)11(18)19/h6,8H,2-5H2,1H3,(H,13,20)(H,18,19). The van der Waals surface area contributed by atoms with Crippen LogP contribution in [0.3, 0.4) is 0 Å². The quantitative estimate of drug-likeness (QED) is 0.733. The fraction of sp³-hybridized carbons (Fsp3) is 0.500. The predicted octanol–water partition coefficient (Wildman–Crippen LogP) is -0.847. The van der Waals surface area contributed by atoms with Gasteiger partial charge in [-0.15, -0.1) is 0 Å². The van der Waals surface area contributed by atoms with Gasteiger partial charge in [0.2, 0.25) is 0 Å². The highest BCUT2D eigenvalue weighted by Crippen LogP contribution is 2.18. The molecule has 1 aliphatic rings. The molecule has 0 spiro atoms. The molecule has 2 heterocycles. The monoisotopic (exact) mass is 281 g/mol. The molecule has 0 aromatic carbocycles. The molecule has 1 aromatic rings. The molecule has 20 heavy (non-hydrogen) atoms. The second kappa shape index (κ2) is 5.32. The summed E-state index contributed by atoms with van der Waals surface area (Å²) in [6.45, 7) is 0.290. The fourth-order valence-electron chi connectivity index (χ4n) is 2.30. The lowest BCUT2D eigenvalue weighted by molar-refractivity contribution is -0.143. The third kappa shape index (κ3) is 2.36. The van der Waals surface area contributed by atoms with Gasteiger partial charge < -0.3 is 15.0 Å². The van der Waals surface area contributed by atoms with E-state index in [-0.39, 0.29) is 12.1 Å². The summed E-state index contributed by atoms with van der Waals surface area (Å²) < 4.78 is 0.785. The Labute approximate surface area is 113 Å². The number of aliphatic carboxylic acids is 1. The summed E-state index contributed by atoms with van der Waals surface area (Å²) in [6, 6.07) is -0.923. The average Bonchev–Trinajstić information content (AvgIpc) is 2.44. The number of hydrogen-bond donors (Lipinski definition) is 2. The molecule has 0 aliphatic carbocycles. The van der Waals surface area contributed by atoms with Gasteiger partial charge in [0, 0.05) is 19.8 Å². The Morgan fingerprint density at radius 2 is 2.05 bits per heavy atom. The lowest BCUT2D eigenvalue weighted by Gasteiger charge is -2.32. The number of carbonyl (C=O) groups excluding carboxylic acids is 1. The number of piperidine rings is 1. The van der Waals surface area contributed by atoms with Crippen LogP contribution in [0.1, 0.15) is 29.6 Å².